The summed E-state index contributed by atoms with van der Waals surface area (Å²) in [5.74, 6) is 0.712. The number of amidine groups is 1. The average Bonchev–Trinajstić information content (AvgIpc) is 2.95. The van der Waals surface area contributed by atoms with Crippen molar-refractivity contribution in [1.29, 1.82) is 0 Å². The van der Waals surface area contributed by atoms with E-state index in [1.54, 1.807) is 42.5 Å². The topological polar surface area (TPSA) is 59.9 Å². The van der Waals surface area contributed by atoms with Crippen molar-refractivity contribution in [2.24, 2.45) is 4.99 Å². The van der Waals surface area contributed by atoms with Crippen LogP contribution in [0, 0.1) is 0 Å². The largest absolute Gasteiger partial charge is 0.493 e. The van der Waals surface area contributed by atoms with Gasteiger partial charge in [-0.3, -0.25) is 4.79 Å². The normalized spacial score (nSPS) is 16.8. The molecular formula is C18H14Cl2N2O3S. The molecule has 26 heavy (non-hydrogen) atoms. The standard InChI is InChI=1S/C18H14Cl2N2O3S/c1-24-14-8-10(7-13(20)16(14)25-2)9-15-17(23)22-18(26-15)21-12-5-3-11(19)4-6-12/h3-9H,1-2H3,(H,21,22,23)/b15-9-. The summed E-state index contributed by atoms with van der Waals surface area (Å²) in [6.07, 6.45) is 1.72. The van der Waals surface area contributed by atoms with E-state index < -0.39 is 0 Å². The molecule has 0 aromatic heterocycles. The zero-order chi connectivity index (χ0) is 18.7. The molecule has 0 unspecified atom stereocenters. The highest BCUT2D eigenvalue weighted by Gasteiger charge is 2.24. The number of nitrogens with one attached hydrogen (secondary N) is 1. The van der Waals surface area contributed by atoms with Gasteiger partial charge in [-0.1, -0.05) is 23.2 Å². The molecule has 2 aromatic rings. The smallest absolute Gasteiger partial charge is 0.264 e. The summed E-state index contributed by atoms with van der Waals surface area (Å²) in [6.45, 7) is 0. The van der Waals surface area contributed by atoms with Crippen LogP contribution in [-0.2, 0) is 4.79 Å². The van der Waals surface area contributed by atoms with E-state index in [9.17, 15) is 4.79 Å². The summed E-state index contributed by atoms with van der Waals surface area (Å²) >= 11 is 13.3. The second kappa shape index (κ2) is 8.03. The Labute approximate surface area is 165 Å². The molecule has 1 aliphatic rings. The van der Waals surface area contributed by atoms with Crippen molar-refractivity contribution >= 4 is 57.8 Å². The Hall–Kier alpha value is -2.15. The van der Waals surface area contributed by atoms with Crippen molar-refractivity contribution in [3.63, 3.8) is 0 Å². The third-order valence-corrected chi connectivity index (χ3v) is 4.90. The van der Waals surface area contributed by atoms with Crippen molar-refractivity contribution in [3.05, 3.63) is 56.9 Å². The van der Waals surface area contributed by atoms with E-state index in [1.807, 2.05) is 0 Å². The molecule has 0 atom stereocenters. The molecular weight excluding hydrogens is 395 g/mol. The summed E-state index contributed by atoms with van der Waals surface area (Å²) in [5.41, 5.74) is 1.42. The second-order valence-electron chi connectivity index (χ2n) is 5.20. The predicted molar refractivity (Wildman–Crippen MR) is 107 cm³/mol. The minimum Gasteiger partial charge on any atom is -0.493 e. The van der Waals surface area contributed by atoms with Gasteiger partial charge in [0.1, 0.15) is 0 Å². The van der Waals surface area contributed by atoms with Crippen LogP contribution in [0.1, 0.15) is 5.56 Å². The van der Waals surface area contributed by atoms with Crippen LogP contribution in [0.5, 0.6) is 11.5 Å². The third-order valence-electron chi connectivity index (χ3n) is 3.46. The summed E-state index contributed by atoms with van der Waals surface area (Å²) in [5, 5.41) is 4.26. The minimum atomic E-state index is -0.228. The first kappa shape index (κ1) is 18.6. The average molecular weight is 409 g/mol. The van der Waals surface area contributed by atoms with E-state index in [4.69, 9.17) is 32.7 Å². The first-order valence-corrected chi connectivity index (χ1v) is 9.04. The minimum absolute atomic E-state index is 0.228. The maximum absolute atomic E-state index is 12.2. The van der Waals surface area contributed by atoms with Crippen LogP contribution in [0.4, 0.5) is 5.69 Å². The monoisotopic (exact) mass is 408 g/mol. The molecule has 1 heterocycles. The number of rotatable bonds is 4. The van der Waals surface area contributed by atoms with Gasteiger partial charge in [0, 0.05) is 5.02 Å². The van der Waals surface area contributed by atoms with Gasteiger partial charge < -0.3 is 14.8 Å². The number of ether oxygens (including phenoxy) is 2. The molecule has 3 rings (SSSR count). The Balaban J connectivity index is 1.87. The molecule has 0 spiro atoms. The Kier molecular flexibility index (Phi) is 5.76. The van der Waals surface area contributed by atoms with E-state index in [-0.39, 0.29) is 5.91 Å². The van der Waals surface area contributed by atoms with E-state index in [2.05, 4.69) is 10.3 Å². The number of carbonyl (C=O) groups is 1. The second-order valence-corrected chi connectivity index (χ2v) is 7.07. The number of thioether (sulfide) groups is 1. The molecule has 1 N–H and O–H groups in total. The van der Waals surface area contributed by atoms with Crippen molar-refractivity contribution in [1.82, 2.24) is 5.32 Å². The van der Waals surface area contributed by atoms with Crippen LogP contribution >= 0.6 is 35.0 Å². The van der Waals surface area contributed by atoms with Crippen molar-refractivity contribution < 1.29 is 14.3 Å². The zero-order valence-corrected chi connectivity index (χ0v) is 16.2. The zero-order valence-electron chi connectivity index (χ0n) is 13.9. The van der Waals surface area contributed by atoms with Crippen LogP contribution in [0.2, 0.25) is 10.0 Å². The van der Waals surface area contributed by atoms with Gasteiger partial charge >= 0.3 is 0 Å². The van der Waals surface area contributed by atoms with Gasteiger partial charge in [-0.15, -0.1) is 0 Å². The number of amides is 1. The molecule has 0 bridgehead atoms. The Morgan fingerprint density at radius 1 is 1.12 bits per heavy atom. The van der Waals surface area contributed by atoms with Crippen LogP contribution in [0.15, 0.2) is 46.3 Å². The van der Waals surface area contributed by atoms with Gasteiger partial charge in [0.25, 0.3) is 5.91 Å². The van der Waals surface area contributed by atoms with Crippen molar-refractivity contribution in [2.45, 2.75) is 0 Å². The highest BCUT2D eigenvalue weighted by atomic mass is 35.5. The number of benzene rings is 2. The number of aliphatic imine (C=N–C) groups is 1. The van der Waals surface area contributed by atoms with Crippen molar-refractivity contribution in [3.8, 4) is 11.5 Å². The lowest BCUT2D eigenvalue weighted by molar-refractivity contribution is -0.115. The Morgan fingerprint density at radius 3 is 2.50 bits per heavy atom. The summed E-state index contributed by atoms with van der Waals surface area (Å²) < 4.78 is 10.5. The number of nitrogens with zero attached hydrogens (tertiary/aromatic N) is 1. The quantitative estimate of drug-likeness (QED) is 0.730. The van der Waals surface area contributed by atoms with Crippen LogP contribution in [-0.4, -0.2) is 25.3 Å². The third kappa shape index (κ3) is 4.15. The molecule has 2 aromatic carbocycles. The van der Waals surface area contributed by atoms with Crippen LogP contribution < -0.4 is 14.8 Å². The number of hydrogen-bond donors (Lipinski definition) is 1. The molecule has 0 saturated carbocycles. The number of carbonyl (C=O) groups excluding carboxylic acids is 1. The summed E-state index contributed by atoms with van der Waals surface area (Å²) in [4.78, 5) is 17.1. The SMILES string of the molecule is COc1cc(/C=C2\SC(=Nc3ccc(Cl)cc3)NC2=O)cc(Cl)c1OC. The molecule has 1 aliphatic heterocycles. The highest BCUT2D eigenvalue weighted by Crippen LogP contribution is 2.37. The van der Waals surface area contributed by atoms with Crippen molar-refractivity contribution in [2.75, 3.05) is 14.2 Å². The van der Waals surface area contributed by atoms with Gasteiger partial charge in [0.05, 0.1) is 29.8 Å². The molecule has 1 fully saturated rings. The lowest BCUT2D eigenvalue weighted by Crippen LogP contribution is -2.19. The summed E-state index contributed by atoms with van der Waals surface area (Å²) in [7, 11) is 3.04. The molecule has 5 nitrogen and oxygen atoms in total. The maximum Gasteiger partial charge on any atom is 0.264 e. The Morgan fingerprint density at radius 2 is 1.85 bits per heavy atom. The van der Waals surface area contributed by atoms with Gasteiger partial charge in [0.2, 0.25) is 0 Å². The van der Waals surface area contributed by atoms with E-state index in [0.29, 0.717) is 37.3 Å². The molecule has 134 valence electrons. The van der Waals surface area contributed by atoms with Crippen LogP contribution in [0.25, 0.3) is 6.08 Å². The first-order valence-electron chi connectivity index (χ1n) is 7.47. The molecule has 0 radical (unpaired) electrons. The fraction of sp³-hybridized carbons (Fsp3) is 0.111. The fourth-order valence-corrected chi connectivity index (χ4v) is 3.55. The lowest BCUT2D eigenvalue weighted by atomic mass is 10.2. The predicted octanol–water partition coefficient (Wildman–Crippen LogP) is 4.90. The van der Waals surface area contributed by atoms with Gasteiger partial charge in [-0.25, -0.2) is 4.99 Å². The molecule has 1 saturated heterocycles. The first-order chi connectivity index (χ1) is 12.5. The van der Waals surface area contributed by atoms with Gasteiger partial charge in [-0.2, -0.15) is 0 Å². The van der Waals surface area contributed by atoms with E-state index in [1.165, 1.54) is 26.0 Å². The lowest BCUT2D eigenvalue weighted by Gasteiger charge is -2.10. The molecule has 0 aliphatic carbocycles. The number of hydrogen-bond acceptors (Lipinski definition) is 5. The van der Waals surface area contributed by atoms with Gasteiger partial charge in [0.15, 0.2) is 16.7 Å². The van der Waals surface area contributed by atoms with Gasteiger partial charge in [-0.05, 0) is 59.8 Å². The maximum atomic E-state index is 12.2. The van der Waals surface area contributed by atoms with Crippen LogP contribution in [0.3, 0.4) is 0 Å². The highest BCUT2D eigenvalue weighted by molar-refractivity contribution is 8.18. The molecule has 8 heteroatoms. The summed E-state index contributed by atoms with van der Waals surface area (Å²) in [6, 6.07) is 10.5. The Bertz CT molecular complexity index is 911. The number of methoxy groups -OCH3 is 2. The fourth-order valence-electron chi connectivity index (χ4n) is 2.29. The van der Waals surface area contributed by atoms with E-state index in [0.717, 1.165) is 5.56 Å². The number of halogens is 2. The molecule has 1 amide bonds. The van der Waals surface area contributed by atoms with E-state index >= 15 is 0 Å².